The van der Waals surface area contributed by atoms with Crippen molar-refractivity contribution in [3.05, 3.63) is 74.9 Å². The quantitative estimate of drug-likeness (QED) is 0.712. The van der Waals surface area contributed by atoms with Gasteiger partial charge < -0.3 is 0 Å². The third-order valence-electron chi connectivity index (χ3n) is 3.38. The number of nitrogens with zero attached hydrogens (tertiary/aromatic N) is 3. The van der Waals surface area contributed by atoms with Crippen LogP contribution >= 0.6 is 0 Å². The third-order valence-corrected chi connectivity index (χ3v) is 3.38. The minimum Gasteiger partial charge on any atom is -0.295 e. The molecule has 0 saturated carbocycles. The zero-order valence-electron chi connectivity index (χ0n) is 11.3. The molecule has 0 fully saturated rings. The van der Waals surface area contributed by atoms with Gasteiger partial charge in [-0.15, -0.1) is 0 Å². The number of aromatic nitrogens is 3. The molecule has 0 amide bonds. The van der Waals surface area contributed by atoms with Crippen molar-refractivity contribution < 1.29 is 4.39 Å². The van der Waals surface area contributed by atoms with E-state index in [9.17, 15) is 14.0 Å². The Labute approximate surface area is 118 Å². The van der Waals surface area contributed by atoms with E-state index < -0.39 is 17.1 Å². The third kappa shape index (κ3) is 2.24. The predicted octanol–water partition coefficient (Wildman–Crippen LogP) is 1.28. The fraction of sp³-hybridized carbons (Fsp3) is 0.133. The zero-order chi connectivity index (χ0) is 15.0. The van der Waals surface area contributed by atoms with Crippen LogP contribution in [-0.2, 0) is 13.6 Å². The highest BCUT2D eigenvalue weighted by Gasteiger charge is 2.11. The molecule has 6 heteroatoms. The first-order valence-electron chi connectivity index (χ1n) is 6.36. The average molecular weight is 285 g/mol. The van der Waals surface area contributed by atoms with Crippen LogP contribution in [-0.4, -0.2) is 14.1 Å². The first kappa shape index (κ1) is 13.2. The van der Waals surface area contributed by atoms with Gasteiger partial charge in [-0.05, 0) is 23.8 Å². The van der Waals surface area contributed by atoms with E-state index in [0.717, 1.165) is 4.57 Å². The summed E-state index contributed by atoms with van der Waals surface area (Å²) in [5.74, 6) is -0.401. The topological polar surface area (TPSA) is 56.9 Å². The predicted molar refractivity (Wildman–Crippen MR) is 76.7 cm³/mol. The lowest BCUT2D eigenvalue weighted by molar-refractivity contribution is 0.617. The molecule has 0 unspecified atom stereocenters. The van der Waals surface area contributed by atoms with Crippen LogP contribution in [0.25, 0.3) is 10.9 Å². The Kier molecular flexibility index (Phi) is 3.13. The van der Waals surface area contributed by atoms with E-state index in [0.29, 0.717) is 16.5 Å². The molecular formula is C15H12FN3O2. The summed E-state index contributed by atoms with van der Waals surface area (Å²) in [6, 6.07) is 7.41. The summed E-state index contributed by atoms with van der Waals surface area (Å²) >= 11 is 0. The van der Waals surface area contributed by atoms with E-state index in [1.807, 2.05) is 0 Å². The SMILES string of the molecule is Cn1c(=O)n(Cc2cccc(F)c2)c(=O)c2ccncc21. The molecule has 2 heterocycles. The molecule has 0 atom stereocenters. The molecular weight excluding hydrogens is 273 g/mol. The second-order valence-corrected chi connectivity index (χ2v) is 4.76. The average Bonchev–Trinajstić information content (AvgIpc) is 2.49. The summed E-state index contributed by atoms with van der Waals surface area (Å²) in [5, 5.41) is 0.406. The van der Waals surface area contributed by atoms with Crippen LogP contribution in [0.2, 0.25) is 0 Å². The fourth-order valence-electron chi connectivity index (χ4n) is 2.31. The van der Waals surface area contributed by atoms with E-state index >= 15 is 0 Å². The van der Waals surface area contributed by atoms with Crippen molar-refractivity contribution >= 4 is 10.9 Å². The molecule has 0 N–H and O–H groups in total. The second-order valence-electron chi connectivity index (χ2n) is 4.76. The van der Waals surface area contributed by atoms with Crippen molar-refractivity contribution in [1.29, 1.82) is 0 Å². The van der Waals surface area contributed by atoms with E-state index in [1.165, 1.54) is 29.1 Å². The lowest BCUT2D eigenvalue weighted by atomic mass is 10.2. The molecule has 3 rings (SSSR count). The Morgan fingerprint density at radius 3 is 2.81 bits per heavy atom. The van der Waals surface area contributed by atoms with Crippen molar-refractivity contribution in [1.82, 2.24) is 14.1 Å². The maximum absolute atomic E-state index is 13.2. The number of halogens is 1. The van der Waals surface area contributed by atoms with Gasteiger partial charge in [-0.3, -0.25) is 18.9 Å². The van der Waals surface area contributed by atoms with Gasteiger partial charge in [0.15, 0.2) is 0 Å². The molecule has 0 spiro atoms. The zero-order valence-corrected chi connectivity index (χ0v) is 11.3. The van der Waals surface area contributed by atoms with Gasteiger partial charge in [-0.1, -0.05) is 12.1 Å². The molecule has 3 aromatic rings. The highest BCUT2D eigenvalue weighted by Crippen LogP contribution is 2.06. The number of fused-ring (bicyclic) bond motifs is 1. The number of aryl methyl sites for hydroxylation is 1. The number of hydrogen-bond acceptors (Lipinski definition) is 3. The normalized spacial score (nSPS) is 11.0. The summed E-state index contributed by atoms with van der Waals surface area (Å²) in [6.45, 7) is 0.0293. The number of benzene rings is 1. The summed E-state index contributed by atoms with van der Waals surface area (Å²) in [7, 11) is 1.58. The molecule has 0 bridgehead atoms. The molecule has 0 radical (unpaired) electrons. The first-order valence-corrected chi connectivity index (χ1v) is 6.36. The van der Waals surface area contributed by atoms with Crippen molar-refractivity contribution in [2.45, 2.75) is 6.54 Å². The Hall–Kier alpha value is -2.76. The Balaban J connectivity index is 2.24. The summed E-state index contributed by atoms with van der Waals surface area (Å²) < 4.78 is 15.7. The van der Waals surface area contributed by atoms with Crippen molar-refractivity contribution in [3.63, 3.8) is 0 Å². The molecule has 21 heavy (non-hydrogen) atoms. The summed E-state index contributed by atoms with van der Waals surface area (Å²) in [4.78, 5) is 28.6. The van der Waals surface area contributed by atoms with E-state index in [1.54, 1.807) is 25.2 Å². The second kappa shape index (κ2) is 4.97. The smallest absolute Gasteiger partial charge is 0.295 e. The Morgan fingerprint density at radius 1 is 1.24 bits per heavy atom. The molecule has 0 saturated heterocycles. The van der Waals surface area contributed by atoms with Crippen LogP contribution in [0.3, 0.4) is 0 Å². The van der Waals surface area contributed by atoms with Crippen LogP contribution in [0.5, 0.6) is 0 Å². The number of hydrogen-bond donors (Lipinski definition) is 0. The lowest BCUT2D eigenvalue weighted by Crippen LogP contribution is -2.39. The van der Waals surface area contributed by atoms with Gasteiger partial charge in [-0.25, -0.2) is 9.18 Å². The van der Waals surface area contributed by atoms with Crippen LogP contribution in [0.4, 0.5) is 4.39 Å². The van der Waals surface area contributed by atoms with E-state index in [4.69, 9.17) is 0 Å². The molecule has 0 aliphatic rings. The first-order chi connectivity index (χ1) is 10.1. The van der Waals surface area contributed by atoms with Gasteiger partial charge in [0.2, 0.25) is 0 Å². The van der Waals surface area contributed by atoms with Gasteiger partial charge in [0.1, 0.15) is 5.82 Å². The van der Waals surface area contributed by atoms with Crippen LogP contribution in [0, 0.1) is 5.82 Å². The minimum atomic E-state index is -0.454. The Bertz CT molecular complexity index is 944. The molecule has 2 aromatic heterocycles. The summed E-state index contributed by atoms with van der Waals surface area (Å²) in [5.41, 5.74) is 0.176. The van der Waals surface area contributed by atoms with Crippen LogP contribution < -0.4 is 11.2 Å². The van der Waals surface area contributed by atoms with Gasteiger partial charge >= 0.3 is 5.69 Å². The minimum absolute atomic E-state index is 0.0293. The highest BCUT2D eigenvalue weighted by atomic mass is 19.1. The molecule has 0 aliphatic heterocycles. The Morgan fingerprint density at radius 2 is 2.05 bits per heavy atom. The van der Waals surface area contributed by atoms with Gasteiger partial charge in [-0.2, -0.15) is 0 Å². The number of rotatable bonds is 2. The maximum Gasteiger partial charge on any atom is 0.331 e. The highest BCUT2D eigenvalue weighted by molar-refractivity contribution is 5.76. The largest absolute Gasteiger partial charge is 0.331 e. The lowest BCUT2D eigenvalue weighted by Gasteiger charge is -2.10. The van der Waals surface area contributed by atoms with Gasteiger partial charge in [0.05, 0.1) is 23.6 Å². The number of pyridine rings is 1. The van der Waals surface area contributed by atoms with Gasteiger partial charge in [0.25, 0.3) is 5.56 Å². The standard InChI is InChI=1S/C15H12FN3O2/c1-18-13-8-17-6-5-12(13)14(20)19(15(18)21)9-10-3-2-4-11(16)7-10/h2-8H,9H2,1H3. The molecule has 5 nitrogen and oxygen atoms in total. The van der Waals surface area contributed by atoms with Crippen molar-refractivity contribution in [3.8, 4) is 0 Å². The van der Waals surface area contributed by atoms with Crippen LogP contribution in [0.15, 0.2) is 52.3 Å². The summed E-state index contributed by atoms with van der Waals surface area (Å²) in [6.07, 6.45) is 2.98. The van der Waals surface area contributed by atoms with E-state index in [-0.39, 0.29) is 6.54 Å². The van der Waals surface area contributed by atoms with Crippen molar-refractivity contribution in [2.75, 3.05) is 0 Å². The van der Waals surface area contributed by atoms with Crippen molar-refractivity contribution in [2.24, 2.45) is 7.05 Å². The molecule has 106 valence electrons. The van der Waals surface area contributed by atoms with Crippen LogP contribution in [0.1, 0.15) is 5.56 Å². The molecule has 1 aromatic carbocycles. The van der Waals surface area contributed by atoms with E-state index in [2.05, 4.69) is 4.98 Å². The van der Waals surface area contributed by atoms with Gasteiger partial charge in [0, 0.05) is 13.2 Å². The fourth-order valence-corrected chi connectivity index (χ4v) is 2.31. The monoisotopic (exact) mass is 285 g/mol. The maximum atomic E-state index is 13.2. The molecule has 0 aliphatic carbocycles.